The molecule has 1 fully saturated rings. The molecule has 0 amide bonds. The van der Waals surface area contributed by atoms with Crippen LogP contribution in [0, 0.1) is 11.8 Å². The third kappa shape index (κ3) is 4.81. The molecule has 1 heterocycles. The molecule has 0 aromatic carbocycles. The van der Waals surface area contributed by atoms with Crippen molar-refractivity contribution in [2.24, 2.45) is 11.8 Å². The molecule has 1 saturated heterocycles. The van der Waals surface area contributed by atoms with Gasteiger partial charge in [0.1, 0.15) is 0 Å². The Labute approximate surface area is 99.8 Å². The Morgan fingerprint density at radius 1 is 1.50 bits per heavy atom. The van der Waals surface area contributed by atoms with E-state index in [4.69, 9.17) is 4.74 Å². The highest BCUT2D eigenvalue weighted by atomic mass is 16.5. The quantitative estimate of drug-likeness (QED) is 0.753. The number of ether oxygens (including phenoxy) is 1. The number of aliphatic hydroxyl groups excluding tert-OH is 1. The molecule has 0 radical (unpaired) electrons. The second-order valence-corrected chi connectivity index (χ2v) is 5.26. The van der Waals surface area contributed by atoms with Crippen molar-refractivity contribution in [3.8, 4) is 0 Å². The molecule has 0 aliphatic carbocycles. The fourth-order valence-electron chi connectivity index (χ4n) is 2.24. The molecule has 0 aromatic heterocycles. The van der Waals surface area contributed by atoms with Crippen molar-refractivity contribution in [1.29, 1.82) is 0 Å². The van der Waals surface area contributed by atoms with Crippen LogP contribution < -0.4 is 0 Å². The van der Waals surface area contributed by atoms with Gasteiger partial charge in [0, 0.05) is 19.7 Å². The molecule has 0 aromatic rings. The molecule has 3 unspecified atom stereocenters. The Hall–Kier alpha value is -0.120. The second kappa shape index (κ2) is 7.25. The Kier molecular flexibility index (Phi) is 6.32. The first kappa shape index (κ1) is 13.9. The summed E-state index contributed by atoms with van der Waals surface area (Å²) in [6, 6.07) is 0. The van der Waals surface area contributed by atoms with E-state index in [0.717, 1.165) is 32.7 Å². The summed E-state index contributed by atoms with van der Waals surface area (Å²) < 4.78 is 5.47. The SMILES string of the molecule is CCC(C)C(O)CN(C)CC1CCCOC1. The first-order chi connectivity index (χ1) is 7.63. The highest BCUT2D eigenvalue weighted by molar-refractivity contribution is 4.71. The van der Waals surface area contributed by atoms with Gasteiger partial charge in [-0.15, -0.1) is 0 Å². The average molecular weight is 229 g/mol. The van der Waals surface area contributed by atoms with Crippen LogP contribution in [-0.4, -0.2) is 49.5 Å². The van der Waals surface area contributed by atoms with Crippen molar-refractivity contribution in [2.75, 3.05) is 33.4 Å². The van der Waals surface area contributed by atoms with Crippen LogP contribution in [0.15, 0.2) is 0 Å². The minimum absolute atomic E-state index is 0.195. The van der Waals surface area contributed by atoms with Crippen LogP contribution in [0.1, 0.15) is 33.1 Å². The summed E-state index contributed by atoms with van der Waals surface area (Å²) in [5, 5.41) is 9.94. The van der Waals surface area contributed by atoms with Crippen LogP contribution in [0.2, 0.25) is 0 Å². The normalized spacial score (nSPS) is 25.7. The van der Waals surface area contributed by atoms with E-state index in [2.05, 4.69) is 25.8 Å². The van der Waals surface area contributed by atoms with Crippen molar-refractivity contribution >= 4 is 0 Å². The molecule has 1 aliphatic heterocycles. The third-order valence-corrected chi connectivity index (χ3v) is 3.62. The van der Waals surface area contributed by atoms with Crippen molar-refractivity contribution < 1.29 is 9.84 Å². The van der Waals surface area contributed by atoms with Gasteiger partial charge in [-0.05, 0) is 31.7 Å². The highest BCUT2D eigenvalue weighted by Crippen LogP contribution is 2.15. The zero-order chi connectivity index (χ0) is 12.0. The standard InChI is InChI=1S/C13H27NO2/c1-4-11(2)13(15)9-14(3)8-12-6-5-7-16-10-12/h11-13,15H,4-10H2,1-3H3. The Morgan fingerprint density at radius 3 is 2.81 bits per heavy atom. The van der Waals surface area contributed by atoms with E-state index in [1.807, 2.05) is 0 Å². The van der Waals surface area contributed by atoms with Crippen LogP contribution >= 0.6 is 0 Å². The first-order valence-corrected chi connectivity index (χ1v) is 6.57. The number of hydrogen-bond acceptors (Lipinski definition) is 3. The maximum atomic E-state index is 9.94. The number of hydrogen-bond donors (Lipinski definition) is 1. The first-order valence-electron chi connectivity index (χ1n) is 6.57. The van der Waals surface area contributed by atoms with Crippen LogP contribution in [0.25, 0.3) is 0 Å². The van der Waals surface area contributed by atoms with E-state index in [-0.39, 0.29) is 6.10 Å². The molecule has 1 N–H and O–H groups in total. The summed E-state index contributed by atoms with van der Waals surface area (Å²) in [5.41, 5.74) is 0. The lowest BCUT2D eigenvalue weighted by atomic mass is 9.99. The fraction of sp³-hybridized carbons (Fsp3) is 1.00. The largest absolute Gasteiger partial charge is 0.392 e. The van der Waals surface area contributed by atoms with Crippen LogP contribution in [-0.2, 0) is 4.74 Å². The lowest BCUT2D eigenvalue weighted by molar-refractivity contribution is 0.0272. The van der Waals surface area contributed by atoms with E-state index in [0.29, 0.717) is 11.8 Å². The molecular formula is C13H27NO2. The van der Waals surface area contributed by atoms with Crippen molar-refractivity contribution in [3.63, 3.8) is 0 Å². The summed E-state index contributed by atoms with van der Waals surface area (Å²) >= 11 is 0. The predicted molar refractivity (Wildman–Crippen MR) is 66.5 cm³/mol. The summed E-state index contributed by atoms with van der Waals surface area (Å²) in [5.74, 6) is 1.05. The number of nitrogens with zero attached hydrogens (tertiary/aromatic N) is 1. The van der Waals surface area contributed by atoms with Gasteiger partial charge in [-0.3, -0.25) is 0 Å². The Morgan fingerprint density at radius 2 is 2.25 bits per heavy atom. The fourth-order valence-corrected chi connectivity index (χ4v) is 2.24. The van der Waals surface area contributed by atoms with E-state index < -0.39 is 0 Å². The van der Waals surface area contributed by atoms with E-state index in [1.165, 1.54) is 12.8 Å². The van der Waals surface area contributed by atoms with Gasteiger partial charge in [0.05, 0.1) is 12.7 Å². The Bertz CT molecular complexity index is 177. The molecule has 3 heteroatoms. The van der Waals surface area contributed by atoms with E-state index in [1.54, 1.807) is 0 Å². The molecule has 0 spiro atoms. The van der Waals surface area contributed by atoms with Gasteiger partial charge in [0.2, 0.25) is 0 Å². The monoisotopic (exact) mass is 229 g/mol. The zero-order valence-corrected chi connectivity index (χ0v) is 11.0. The summed E-state index contributed by atoms with van der Waals surface area (Å²) in [6.45, 7) is 7.89. The average Bonchev–Trinajstić information content (AvgIpc) is 2.29. The molecular weight excluding hydrogens is 202 g/mol. The van der Waals surface area contributed by atoms with Crippen LogP contribution in [0.4, 0.5) is 0 Å². The topological polar surface area (TPSA) is 32.7 Å². The van der Waals surface area contributed by atoms with Crippen molar-refractivity contribution in [3.05, 3.63) is 0 Å². The number of rotatable bonds is 6. The van der Waals surface area contributed by atoms with Gasteiger partial charge >= 0.3 is 0 Å². The molecule has 0 bridgehead atoms. The molecule has 1 rings (SSSR count). The van der Waals surface area contributed by atoms with Gasteiger partial charge in [-0.2, -0.15) is 0 Å². The second-order valence-electron chi connectivity index (χ2n) is 5.26. The third-order valence-electron chi connectivity index (χ3n) is 3.62. The minimum Gasteiger partial charge on any atom is -0.392 e. The maximum absolute atomic E-state index is 9.94. The number of aliphatic hydroxyl groups is 1. The van der Waals surface area contributed by atoms with Crippen molar-refractivity contribution in [2.45, 2.75) is 39.2 Å². The predicted octanol–water partition coefficient (Wildman–Crippen LogP) is 1.75. The highest BCUT2D eigenvalue weighted by Gasteiger charge is 2.19. The summed E-state index contributed by atoms with van der Waals surface area (Å²) in [7, 11) is 2.10. The molecule has 0 saturated carbocycles. The van der Waals surface area contributed by atoms with Gasteiger partial charge in [0.15, 0.2) is 0 Å². The molecule has 3 nitrogen and oxygen atoms in total. The van der Waals surface area contributed by atoms with Crippen LogP contribution in [0.3, 0.4) is 0 Å². The summed E-state index contributed by atoms with van der Waals surface area (Å²) in [6.07, 6.45) is 3.30. The lowest BCUT2D eigenvalue weighted by Gasteiger charge is -2.29. The van der Waals surface area contributed by atoms with Crippen molar-refractivity contribution in [1.82, 2.24) is 4.90 Å². The lowest BCUT2D eigenvalue weighted by Crippen LogP contribution is -2.37. The van der Waals surface area contributed by atoms with E-state index in [9.17, 15) is 5.11 Å². The molecule has 96 valence electrons. The van der Waals surface area contributed by atoms with Crippen LogP contribution in [0.5, 0.6) is 0 Å². The molecule has 16 heavy (non-hydrogen) atoms. The zero-order valence-electron chi connectivity index (χ0n) is 11.0. The van der Waals surface area contributed by atoms with Gasteiger partial charge in [0.25, 0.3) is 0 Å². The maximum Gasteiger partial charge on any atom is 0.0692 e. The molecule has 3 atom stereocenters. The Balaban J connectivity index is 2.20. The van der Waals surface area contributed by atoms with Gasteiger partial charge < -0.3 is 14.7 Å². The minimum atomic E-state index is -0.195. The van der Waals surface area contributed by atoms with E-state index >= 15 is 0 Å². The van der Waals surface area contributed by atoms with Gasteiger partial charge in [-0.1, -0.05) is 20.3 Å². The smallest absolute Gasteiger partial charge is 0.0692 e. The molecule has 1 aliphatic rings. The summed E-state index contributed by atoms with van der Waals surface area (Å²) in [4.78, 5) is 2.25. The van der Waals surface area contributed by atoms with Gasteiger partial charge in [-0.25, -0.2) is 0 Å². The number of likely N-dealkylation sites (N-methyl/N-ethyl adjacent to an activating group) is 1.